The minimum absolute atomic E-state index is 0.172. The van der Waals surface area contributed by atoms with Crippen molar-refractivity contribution in [3.05, 3.63) is 47.5 Å². The molecular formula is C21H25NO6. The maximum Gasteiger partial charge on any atom is 0.310 e. The molecule has 2 aromatic carbocycles. The summed E-state index contributed by atoms with van der Waals surface area (Å²) in [5.74, 6) is -0.154. The number of aryl methyl sites for hydroxylation is 1. The number of anilines is 1. The quantitative estimate of drug-likeness (QED) is 0.684. The average molecular weight is 387 g/mol. The van der Waals surface area contributed by atoms with Gasteiger partial charge in [-0.05, 0) is 48.7 Å². The van der Waals surface area contributed by atoms with Crippen LogP contribution in [0.5, 0.6) is 17.2 Å². The summed E-state index contributed by atoms with van der Waals surface area (Å²) < 4.78 is 15.9. The number of carboxylic acids is 1. The number of hydrogen-bond acceptors (Lipinski definition) is 5. The van der Waals surface area contributed by atoms with Crippen LogP contribution in [0.2, 0.25) is 0 Å². The molecule has 1 unspecified atom stereocenters. The number of benzene rings is 2. The lowest BCUT2D eigenvalue weighted by molar-refractivity contribution is -0.138. The monoisotopic (exact) mass is 387 g/mol. The summed E-state index contributed by atoms with van der Waals surface area (Å²) in [6.07, 6.45) is 0.727. The SMILES string of the molecule is COc1cc(CCC(=O)Nc2cccc(C(C)C(=O)O)c2)cc(OC)c1OC. The molecule has 0 fully saturated rings. The fraction of sp³-hybridized carbons (Fsp3) is 0.333. The van der Waals surface area contributed by atoms with Gasteiger partial charge >= 0.3 is 5.97 Å². The van der Waals surface area contributed by atoms with E-state index >= 15 is 0 Å². The van der Waals surface area contributed by atoms with Gasteiger partial charge in [-0.2, -0.15) is 0 Å². The zero-order valence-corrected chi connectivity index (χ0v) is 16.4. The van der Waals surface area contributed by atoms with Crippen LogP contribution in [0.15, 0.2) is 36.4 Å². The van der Waals surface area contributed by atoms with Crippen LogP contribution in [0.25, 0.3) is 0 Å². The fourth-order valence-electron chi connectivity index (χ4n) is 2.79. The third-order valence-corrected chi connectivity index (χ3v) is 4.41. The van der Waals surface area contributed by atoms with Crippen LogP contribution < -0.4 is 19.5 Å². The van der Waals surface area contributed by atoms with E-state index in [2.05, 4.69) is 5.32 Å². The lowest BCUT2D eigenvalue weighted by atomic mass is 10.0. The van der Waals surface area contributed by atoms with E-state index in [0.29, 0.717) is 34.9 Å². The maximum atomic E-state index is 12.3. The second kappa shape index (κ2) is 9.64. The van der Waals surface area contributed by atoms with Crippen LogP contribution in [0.3, 0.4) is 0 Å². The molecule has 0 aromatic heterocycles. The number of methoxy groups -OCH3 is 3. The van der Waals surface area contributed by atoms with Gasteiger partial charge in [-0.1, -0.05) is 12.1 Å². The van der Waals surface area contributed by atoms with Crippen molar-refractivity contribution in [1.29, 1.82) is 0 Å². The summed E-state index contributed by atoms with van der Waals surface area (Å²) in [7, 11) is 4.62. The van der Waals surface area contributed by atoms with Gasteiger partial charge in [0.1, 0.15) is 0 Å². The van der Waals surface area contributed by atoms with E-state index < -0.39 is 11.9 Å². The number of amides is 1. The summed E-state index contributed by atoms with van der Waals surface area (Å²) >= 11 is 0. The summed E-state index contributed by atoms with van der Waals surface area (Å²) in [5.41, 5.74) is 2.08. The smallest absolute Gasteiger partial charge is 0.310 e. The summed E-state index contributed by atoms with van der Waals surface area (Å²) in [6, 6.07) is 10.5. The van der Waals surface area contributed by atoms with Gasteiger partial charge in [0.25, 0.3) is 0 Å². The highest BCUT2D eigenvalue weighted by atomic mass is 16.5. The lowest BCUT2D eigenvalue weighted by Crippen LogP contribution is -2.13. The molecule has 0 aliphatic rings. The highest BCUT2D eigenvalue weighted by Crippen LogP contribution is 2.38. The van der Waals surface area contributed by atoms with Gasteiger partial charge in [0.2, 0.25) is 11.7 Å². The van der Waals surface area contributed by atoms with Crippen LogP contribution in [-0.4, -0.2) is 38.3 Å². The number of carboxylic acid groups (broad SMARTS) is 1. The number of carbonyl (C=O) groups is 2. The minimum Gasteiger partial charge on any atom is -0.493 e. The Balaban J connectivity index is 2.05. The molecule has 0 saturated heterocycles. The highest BCUT2D eigenvalue weighted by molar-refractivity contribution is 5.91. The third-order valence-electron chi connectivity index (χ3n) is 4.41. The van der Waals surface area contributed by atoms with Crippen LogP contribution in [0.1, 0.15) is 30.4 Å². The fourth-order valence-corrected chi connectivity index (χ4v) is 2.79. The second-order valence-corrected chi connectivity index (χ2v) is 6.27. The standard InChI is InChI=1S/C21H25NO6/c1-13(21(24)25)15-6-5-7-16(12-15)22-19(23)9-8-14-10-17(26-2)20(28-4)18(11-14)27-3/h5-7,10-13H,8-9H2,1-4H3,(H,22,23)(H,24,25). The van der Waals surface area contributed by atoms with Crippen molar-refractivity contribution in [3.63, 3.8) is 0 Å². The Hall–Kier alpha value is -3.22. The van der Waals surface area contributed by atoms with E-state index in [1.807, 2.05) is 12.1 Å². The van der Waals surface area contributed by atoms with Crippen molar-refractivity contribution >= 4 is 17.6 Å². The van der Waals surface area contributed by atoms with Gasteiger partial charge in [-0.15, -0.1) is 0 Å². The molecule has 0 spiro atoms. The first-order chi connectivity index (χ1) is 13.4. The van der Waals surface area contributed by atoms with Gasteiger partial charge in [0.05, 0.1) is 27.2 Å². The van der Waals surface area contributed by atoms with E-state index in [4.69, 9.17) is 19.3 Å². The van der Waals surface area contributed by atoms with Crippen molar-refractivity contribution in [2.75, 3.05) is 26.6 Å². The van der Waals surface area contributed by atoms with Gasteiger partial charge < -0.3 is 24.6 Å². The van der Waals surface area contributed by atoms with Crippen molar-refractivity contribution in [3.8, 4) is 17.2 Å². The normalized spacial score (nSPS) is 11.4. The van der Waals surface area contributed by atoms with Crippen molar-refractivity contribution in [2.24, 2.45) is 0 Å². The molecule has 0 radical (unpaired) electrons. The molecule has 0 aliphatic carbocycles. The van der Waals surface area contributed by atoms with Crippen molar-refractivity contribution in [1.82, 2.24) is 0 Å². The average Bonchev–Trinajstić information content (AvgIpc) is 2.70. The van der Waals surface area contributed by atoms with E-state index in [9.17, 15) is 9.59 Å². The first-order valence-electron chi connectivity index (χ1n) is 8.81. The molecule has 1 amide bonds. The predicted molar refractivity (Wildman–Crippen MR) is 106 cm³/mol. The number of ether oxygens (including phenoxy) is 3. The molecule has 0 heterocycles. The van der Waals surface area contributed by atoms with Gasteiger partial charge in [0.15, 0.2) is 11.5 Å². The number of aliphatic carboxylic acids is 1. The molecule has 0 saturated carbocycles. The summed E-state index contributed by atoms with van der Waals surface area (Å²) in [6.45, 7) is 1.60. The summed E-state index contributed by atoms with van der Waals surface area (Å²) in [5, 5.41) is 11.9. The van der Waals surface area contributed by atoms with Crippen LogP contribution in [-0.2, 0) is 16.0 Å². The third kappa shape index (κ3) is 5.16. The molecule has 2 aromatic rings. The summed E-state index contributed by atoms with van der Waals surface area (Å²) in [4.78, 5) is 23.4. The highest BCUT2D eigenvalue weighted by Gasteiger charge is 2.15. The largest absolute Gasteiger partial charge is 0.493 e. The van der Waals surface area contributed by atoms with Gasteiger partial charge in [-0.25, -0.2) is 0 Å². The van der Waals surface area contributed by atoms with E-state index in [-0.39, 0.29) is 12.3 Å². The second-order valence-electron chi connectivity index (χ2n) is 6.27. The van der Waals surface area contributed by atoms with E-state index in [1.54, 1.807) is 45.4 Å². The Bertz CT molecular complexity index is 824. The zero-order chi connectivity index (χ0) is 20.7. The molecule has 28 heavy (non-hydrogen) atoms. The molecule has 7 heteroatoms. The van der Waals surface area contributed by atoms with Crippen LogP contribution >= 0.6 is 0 Å². The van der Waals surface area contributed by atoms with Crippen LogP contribution in [0, 0.1) is 0 Å². The molecular weight excluding hydrogens is 362 g/mol. The van der Waals surface area contributed by atoms with Gasteiger partial charge in [-0.3, -0.25) is 9.59 Å². The molecule has 2 N–H and O–H groups in total. The van der Waals surface area contributed by atoms with Crippen LogP contribution in [0.4, 0.5) is 5.69 Å². The lowest BCUT2D eigenvalue weighted by Gasteiger charge is -2.14. The topological polar surface area (TPSA) is 94.1 Å². The van der Waals surface area contributed by atoms with E-state index in [0.717, 1.165) is 5.56 Å². The minimum atomic E-state index is -0.911. The first kappa shape index (κ1) is 21.1. The Labute approximate surface area is 164 Å². The Morgan fingerprint density at radius 2 is 1.68 bits per heavy atom. The molecule has 0 aliphatic heterocycles. The number of rotatable bonds is 9. The Morgan fingerprint density at radius 3 is 2.21 bits per heavy atom. The van der Waals surface area contributed by atoms with Gasteiger partial charge in [0, 0.05) is 12.1 Å². The Morgan fingerprint density at radius 1 is 1.04 bits per heavy atom. The van der Waals surface area contributed by atoms with Crippen molar-refractivity contribution in [2.45, 2.75) is 25.7 Å². The Kier molecular flexibility index (Phi) is 7.26. The first-order valence-corrected chi connectivity index (χ1v) is 8.81. The number of hydrogen-bond donors (Lipinski definition) is 2. The molecule has 0 bridgehead atoms. The number of nitrogens with one attached hydrogen (secondary N) is 1. The molecule has 1 atom stereocenters. The molecule has 2 rings (SSSR count). The molecule has 7 nitrogen and oxygen atoms in total. The number of carbonyl (C=O) groups excluding carboxylic acids is 1. The van der Waals surface area contributed by atoms with Crippen molar-refractivity contribution < 1.29 is 28.9 Å². The zero-order valence-electron chi connectivity index (χ0n) is 16.4. The molecule has 150 valence electrons. The maximum absolute atomic E-state index is 12.3. The van der Waals surface area contributed by atoms with E-state index in [1.165, 1.54) is 7.11 Å². The predicted octanol–water partition coefficient (Wildman–Crippen LogP) is 3.47.